The molecule has 0 aromatic rings. The highest BCUT2D eigenvalue weighted by atomic mass is 28.3. The monoisotopic (exact) mass is 172 g/mol. The summed E-state index contributed by atoms with van der Waals surface area (Å²) in [7, 11) is -1.33. The van der Waals surface area contributed by atoms with Crippen LogP contribution in [0.5, 0.6) is 0 Å². The normalized spacial score (nSPS) is 10.4. The number of rotatable bonds is 6. The van der Waals surface area contributed by atoms with Crippen molar-refractivity contribution >= 4 is 8.07 Å². The van der Waals surface area contributed by atoms with E-state index in [1.54, 1.807) is 0 Å². The van der Waals surface area contributed by atoms with Crippen molar-refractivity contribution in [2.75, 3.05) is 12.5 Å². The van der Waals surface area contributed by atoms with E-state index in [0.717, 1.165) is 12.5 Å². The van der Waals surface area contributed by atoms with Crippen LogP contribution in [0.15, 0.2) is 25.7 Å². The average Bonchev–Trinajstić information content (AvgIpc) is 1.97. The lowest BCUT2D eigenvalue weighted by molar-refractivity contribution is 0.274. The summed E-state index contributed by atoms with van der Waals surface area (Å²) in [6.45, 7) is 11.4. The van der Waals surface area contributed by atoms with E-state index in [1.165, 1.54) is 12.5 Å². The van der Waals surface area contributed by atoms with Gasteiger partial charge in [0.15, 0.2) is 0 Å². The zero-order valence-corrected chi connectivity index (χ0v) is 8.30. The Labute approximate surface area is 69.5 Å². The molecule has 0 saturated carbocycles. The molecule has 0 aliphatic carbocycles. The predicted octanol–water partition coefficient (Wildman–Crippen LogP) is 2.09. The third-order valence-corrected chi connectivity index (χ3v) is 3.08. The molecule has 0 unspecified atom stereocenters. The summed E-state index contributed by atoms with van der Waals surface area (Å²) >= 11 is 0. The first-order valence-electron chi connectivity index (χ1n) is 3.57. The Bertz CT molecular complexity index is 118. The van der Waals surface area contributed by atoms with Crippen molar-refractivity contribution in [2.45, 2.75) is 13.1 Å². The van der Waals surface area contributed by atoms with Gasteiger partial charge in [0.1, 0.15) is 8.07 Å². The highest BCUT2D eigenvalue weighted by Gasteiger charge is 2.21. The SMILES string of the molecule is C=COC[Si](C)(C)COC=C. The standard InChI is InChI=1S/C8H16O2Si/c1-5-9-7-11(3,4)8-10-6-2/h5-6H,1-2,7-8H2,3-4H3. The Kier molecular flexibility index (Phi) is 4.69. The summed E-state index contributed by atoms with van der Waals surface area (Å²) in [5, 5.41) is 0. The van der Waals surface area contributed by atoms with Crippen molar-refractivity contribution in [1.82, 2.24) is 0 Å². The highest BCUT2D eigenvalue weighted by Crippen LogP contribution is 2.03. The predicted molar refractivity (Wildman–Crippen MR) is 49.8 cm³/mol. The molecule has 0 aromatic heterocycles. The molecule has 0 heterocycles. The van der Waals surface area contributed by atoms with Crippen LogP contribution in [-0.2, 0) is 9.47 Å². The minimum absolute atomic E-state index is 0.754. The quantitative estimate of drug-likeness (QED) is 0.451. The Morgan fingerprint density at radius 1 is 1.09 bits per heavy atom. The molecule has 0 bridgehead atoms. The summed E-state index contributed by atoms with van der Waals surface area (Å²) < 4.78 is 10.2. The second kappa shape index (κ2) is 5.01. The van der Waals surface area contributed by atoms with Crippen LogP contribution in [0.4, 0.5) is 0 Å². The van der Waals surface area contributed by atoms with Gasteiger partial charge >= 0.3 is 0 Å². The van der Waals surface area contributed by atoms with Crippen LogP contribution < -0.4 is 0 Å². The van der Waals surface area contributed by atoms with E-state index in [9.17, 15) is 0 Å². The van der Waals surface area contributed by atoms with Crippen molar-refractivity contribution in [3.05, 3.63) is 25.7 Å². The maximum atomic E-state index is 5.11. The molecule has 64 valence electrons. The molecule has 0 atom stereocenters. The molecule has 11 heavy (non-hydrogen) atoms. The van der Waals surface area contributed by atoms with Gasteiger partial charge in [-0.25, -0.2) is 0 Å². The van der Waals surface area contributed by atoms with Crippen LogP contribution in [0.2, 0.25) is 13.1 Å². The topological polar surface area (TPSA) is 18.5 Å². The van der Waals surface area contributed by atoms with Gasteiger partial charge in [0.05, 0.1) is 25.0 Å². The van der Waals surface area contributed by atoms with E-state index in [-0.39, 0.29) is 0 Å². The van der Waals surface area contributed by atoms with Crippen LogP contribution in [0, 0.1) is 0 Å². The average molecular weight is 172 g/mol. The van der Waals surface area contributed by atoms with E-state index < -0.39 is 8.07 Å². The Hall–Kier alpha value is -0.703. The fourth-order valence-electron chi connectivity index (χ4n) is 0.611. The van der Waals surface area contributed by atoms with Crippen LogP contribution in [0.1, 0.15) is 0 Å². The lowest BCUT2D eigenvalue weighted by Gasteiger charge is -2.19. The van der Waals surface area contributed by atoms with Gasteiger partial charge in [-0.3, -0.25) is 0 Å². The molecular formula is C8H16O2Si. The van der Waals surface area contributed by atoms with Gasteiger partial charge in [-0.2, -0.15) is 0 Å². The van der Waals surface area contributed by atoms with Crippen molar-refractivity contribution in [1.29, 1.82) is 0 Å². The summed E-state index contributed by atoms with van der Waals surface area (Å²) in [6.07, 6.45) is 4.46. The molecular weight excluding hydrogens is 156 g/mol. The molecule has 0 fully saturated rings. The van der Waals surface area contributed by atoms with Gasteiger partial charge in [0.2, 0.25) is 0 Å². The van der Waals surface area contributed by atoms with E-state index in [0.29, 0.717) is 0 Å². The van der Waals surface area contributed by atoms with E-state index >= 15 is 0 Å². The first kappa shape index (κ1) is 10.3. The van der Waals surface area contributed by atoms with Gasteiger partial charge < -0.3 is 9.47 Å². The van der Waals surface area contributed by atoms with Crippen molar-refractivity contribution < 1.29 is 9.47 Å². The van der Waals surface area contributed by atoms with Crippen molar-refractivity contribution in [3.8, 4) is 0 Å². The maximum Gasteiger partial charge on any atom is 0.135 e. The maximum absolute atomic E-state index is 5.11. The van der Waals surface area contributed by atoms with Crippen LogP contribution in [0.25, 0.3) is 0 Å². The van der Waals surface area contributed by atoms with Crippen LogP contribution in [-0.4, -0.2) is 20.5 Å². The fraction of sp³-hybridized carbons (Fsp3) is 0.500. The van der Waals surface area contributed by atoms with Crippen LogP contribution >= 0.6 is 0 Å². The van der Waals surface area contributed by atoms with Gasteiger partial charge in [0.25, 0.3) is 0 Å². The number of ether oxygens (including phenoxy) is 2. The number of hydrogen-bond donors (Lipinski definition) is 0. The first-order valence-corrected chi connectivity index (χ1v) is 6.99. The van der Waals surface area contributed by atoms with E-state index in [2.05, 4.69) is 26.3 Å². The Morgan fingerprint density at radius 3 is 1.73 bits per heavy atom. The van der Waals surface area contributed by atoms with Gasteiger partial charge in [-0.15, -0.1) is 0 Å². The Morgan fingerprint density at radius 2 is 1.45 bits per heavy atom. The first-order chi connectivity index (χ1) is 5.12. The fourth-order valence-corrected chi connectivity index (χ4v) is 1.83. The summed E-state index contributed by atoms with van der Waals surface area (Å²) in [5.41, 5.74) is 0. The third-order valence-electron chi connectivity index (χ3n) is 1.18. The smallest absolute Gasteiger partial charge is 0.135 e. The molecule has 0 N–H and O–H groups in total. The summed E-state index contributed by atoms with van der Waals surface area (Å²) in [5.74, 6) is 0. The minimum Gasteiger partial charge on any atom is -0.505 e. The molecule has 0 rings (SSSR count). The molecule has 0 aliphatic rings. The second-order valence-electron chi connectivity index (χ2n) is 3.12. The van der Waals surface area contributed by atoms with E-state index in [1.807, 2.05) is 0 Å². The van der Waals surface area contributed by atoms with E-state index in [4.69, 9.17) is 9.47 Å². The molecule has 0 saturated heterocycles. The summed E-state index contributed by atoms with van der Waals surface area (Å²) in [4.78, 5) is 0. The van der Waals surface area contributed by atoms with Crippen molar-refractivity contribution in [2.24, 2.45) is 0 Å². The molecule has 0 amide bonds. The largest absolute Gasteiger partial charge is 0.505 e. The van der Waals surface area contributed by atoms with Gasteiger partial charge in [0, 0.05) is 0 Å². The zero-order valence-electron chi connectivity index (χ0n) is 7.30. The molecule has 0 aromatic carbocycles. The van der Waals surface area contributed by atoms with Gasteiger partial charge in [-0.1, -0.05) is 26.3 Å². The minimum atomic E-state index is -1.33. The molecule has 0 spiro atoms. The van der Waals surface area contributed by atoms with Gasteiger partial charge in [-0.05, 0) is 0 Å². The highest BCUT2D eigenvalue weighted by molar-refractivity contribution is 6.77. The summed E-state index contributed by atoms with van der Waals surface area (Å²) in [6, 6.07) is 0. The lowest BCUT2D eigenvalue weighted by Crippen LogP contribution is -2.37. The lowest BCUT2D eigenvalue weighted by atomic mass is 11.1. The van der Waals surface area contributed by atoms with Crippen molar-refractivity contribution in [3.63, 3.8) is 0 Å². The molecule has 3 heteroatoms. The number of hydrogen-bond acceptors (Lipinski definition) is 2. The third kappa shape index (κ3) is 5.73. The second-order valence-corrected chi connectivity index (χ2v) is 8.03. The molecule has 0 aliphatic heterocycles. The zero-order chi connectivity index (χ0) is 8.74. The Balaban J connectivity index is 3.59. The molecule has 0 radical (unpaired) electrons. The van der Waals surface area contributed by atoms with Crippen LogP contribution in [0.3, 0.4) is 0 Å². The molecule has 2 nitrogen and oxygen atoms in total.